The van der Waals surface area contributed by atoms with Gasteiger partial charge in [0.1, 0.15) is 5.69 Å². The number of fused-ring (bicyclic) bond motifs is 1. The van der Waals surface area contributed by atoms with Crippen molar-refractivity contribution in [3.8, 4) is 0 Å². The Kier molecular flexibility index (Phi) is 4.63. The molecule has 1 aromatic carbocycles. The Morgan fingerprint density at radius 1 is 1.22 bits per heavy atom. The van der Waals surface area contributed by atoms with Crippen LogP contribution in [-0.4, -0.2) is 55.3 Å². The first-order valence-corrected chi connectivity index (χ1v) is 11.1. The number of hydrogen-bond donors (Lipinski definition) is 0. The van der Waals surface area contributed by atoms with Crippen LogP contribution in [0.4, 0.5) is 11.4 Å². The average molecular weight is 385 g/mol. The van der Waals surface area contributed by atoms with Crippen LogP contribution in [0.15, 0.2) is 42.6 Å². The van der Waals surface area contributed by atoms with Gasteiger partial charge in [-0.15, -0.1) is 0 Å². The van der Waals surface area contributed by atoms with Gasteiger partial charge in [-0.05, 0) is 43.0 Å². The lowest BCUT2D eigenvalue weighted by Crippen LogP contribution is -2.38. The Morgan fingerprint density at radius 2 is 2.04 bits per heavy atom. The molecular formula is C20H23N3O3S. The fourth-order valence-corrected chi connectivity index (χ4v) is 5.68. The molecule has 27 heavy (non-hydrogen) atoms. The highest BCUT2D eigenvalue weighted by Crippen LogP contribution is 2.32. The number of benzene rings is 1. The Morgan fingerprint density at radius 3 is 2.74 bits per heavy atom. The van der Waals surface area contributed by atoms with Crippen molar-refractivity contribution in [2.75, 3.05) is 30.0 Å². The van der Waals surface area contributed by atoms with Crippen molar-refractivity contribution in [1.82, 2.24) is 9.88 Å². The summed E-state index contributed by atoms with van der Waals surface area (Å²) in [5, 5.41) is 0. The van der Waals surface area contributed by atoms with Crippen molar-refractivity contribution >= 4 is 27.1 Å². The molecule has 3 heterocycles. The molecule has 0 N–H and O–H groups in total. The third-order valence-electron chi connectivity index (χ3n) is 5.47. The molecule has 1 unspecified atom stereocenters. The number of para-hydroxylation sites is 1. The second-order valence-corrected chi connectivity index (χ2v) is 9.49. The smallest absolute Gasteiger partial charge is 0.272 e. The highest BCUT2D eigenvalue weighted by molar-refractivity contribution is 7.91. The lowest BCUT2D eigenvalue weighted by atomic mass is 10.0. The number of aromatic nitrogens is 1. The third-order valence-corrected chi connectivity index (χ3v) is 7.22. The first kappa shape index (κ1) is 18.0. The number of carbonyl (C=O) groups is 1. The third kappa shape index (κ3) is 3.56. The molecule has 142 valence electrons. The molecule has 1 atom stereocenters. The van der Waals surface area contributed by atoms with Gasteiger partial charge in [-0.2, -0.15) is 0 Å². The van der Waals surface area contributed by atoms with E-state index in [1.165, 1.54) is 16.2 Å². The van der Waals surface area contributed by atoms with Crippen LogP contribution in [0, 0.1) is 0 Å². The van der Waals surface area contributed by atoms with Crippen molar-refractivity contribution in [3.05, 3.63) is 53.9 Å². The van der Waals surface area contributed by atoms with Crippen molar-refractivity contribution < 1.29 is 13.2 Å². The van der Waals surface area contributed by atoms with Gasteiger partial charge < -0.3 is 9.80 Å². The van der Waals surface area contributed by atoms with Crippen molar-refractivity contribution in [2.45, 2.75) is 25.3 Å². The maximum atomic E-state index is 12.7. The van der Waals surface area contributed by atoms with E-state index in [2.05, 4.69) is 28.1 Å². The average Bonchev–Trinajstić information content (AvgIpc) is 3.06. The van der Waals surface area contributed by atoms with Crippen molar-refractivity contribution in [1.29, 1.82) is 0 Å². The highest BCUT2D eigenvalue weighted by Gasteiger charge is 2.33. The zero-order chi connectivity index (χ0) is 19.0. The van der Waals surface area contributed by atoms with Gasteiger partial charge in [0.05, 0.1) is 23.4 Å². The van der Waals surface area contributed by atoms with E-state index in [4.69, 9.17) is 0 Å². The van der Waals surface area contributed by atoms with Gasteiger partial charge in [-0.3, -0.25) is 4.79 Å². The van der Waals surface area contributed by atoms with E-state index in [-0.39, 0.29) is 23.5 Å². The number of anilines is 2. The molecule has 0 saturated carbocycles. The number of carbonyl (C=O) groups excluding carboxylic acids is 1. The van der Waals surface area contributed by atoms with E-state index in [0.29, 0.717) is 12.1 Å². The molecule has 1 aromatic heterocycles. The molecule has 2 aliphatic rings. The number of hydrogen-bond acceptors (Lipinski definition) is 5. The molecule has 6 nitrogen and oxygen atoms in total. The van der Waals surface area contributed by atoms with Gasteiger partial charge in [0.2, 0.25) is 0 Å². The van der Waals surface area contributed by atoms with Crippen LogP contribution in [0.3, 0.4) is 0 Å². The highest BCUT2D eigenvalue weighted by atomic mass is 32.2. The number of aryl methyl sites for hydroxylation is 1. The molecule has 1 fully saturated rings. The van der Waals surface area contributed by atoms with E-state index >= 15 is 0 Å². The largest absolute Gasteiger partial charge is 0.340 e. The Hall–Kier alpha value is -2.41. The fourth-order valence-electron chi connectivity index (χ4n) is 3.90. The number of amides is 1. The number of nitrogens with zero attached hydrogens (tertiary/aromatic N) is 3. The normalized spacial score (nSPS) is 20.9. The molecule has 0 bridgehead atoms. The van der Waals surface area contributed by atoms with Crippen LogP contribution in [-0.2, 0) is 16.3 Å². The maximum Gasteiger partial charge on any atom is 0.272 e. The van der Waals surface area contributed by atoms with Gasteiger partial charge in [0.15, 0.2) is 9.84 Å². The van der Waals surface area contributed by atoms with Crippen LogP contribution < -0.4 is 4.90 Å². The second-order valence-electron chi connectivity index (χ2n) is 7.26. The maximum absolute atomic E-state index is 12.7. The predicted octanol–water partition coefficient (Wildman–Crippen LogP) is 2.43. The first-order chi connectivity index (χ1) is 12.9. The molecule has 0 radical (unpaired) electrons. The zero-order valence-electron chi connectivity index (χ0n) is 15.3. The summed E-state index contributed by atoms with van der Waals surface area (Å²) >= 11 is 0. The Balaban J connectivity index is 1.52. The molecular weight excluding hydrogens is 362 g/mol. The molecule has 1 saturated heterocycles. The van der Waals surface area contributed by atoms with Crippen molar-refractivity contribution in [3.63, 3.8) is 0 Å². The minimum absolute atomic E-state index is 0.0396. The summed E-state index contributed by atoms with van der Waals surface area (Å²) in [4.78, 5) is 20.8. The van der Waals surface area contributed by atoms with Gasteiger partial charge >= 0.3 is 0 Å². The van der Waals surface area contributed by atoms with Crippen LogP contribution in [0.5, 0.6) is 0 Å². The number of pyridine rings is 1. The van der Waals surface area contributed by atoms with E-state index in [1.807, 2.05) is 12.1 Å². The summed E-state index contributed by atoms with van der Waals surface area (Å²) in [5.74, 6) is -0.0452. The molecule has 0 aliphatic carbocycles. The molecule has 1 amide bonds. The zero-order valence-corrected chi connectivity index (χ0v) is 16.2. The van der Waals surface area contributed by atoms with E-state index < -0.39 is 9.84 Å². The summed E-state index contributed by atoms with van der Waals surface area (Å²) in [5.41, 5.74) is 3.82. The van der Waals surface area contributed by atoms with Gasteiger partial charge in [0, 0.05) is 25.3 Å². The van der Waals surface area contributed by atoms with Crippen molar-refractivity contribution in [2.24, 2.45) is 0 Å². The molecule has 0 spiro atoms. The lowest BCUT2D eigenvalue weighted by molar-refractivity contribution is 0.0742. The summed E-state index contributed by atoms with van der Waals surface area (Å²) < 4.78 is 23.3. The molecule has 2 aromatic rings. The predicted molar refractivity (Wildman–Crippen MR) is 105 cm³/mol. The van der Waals surface area contributed by atoms with Gasteiger partial charge in [-0.25, -0.2) is 13.4 Å². The molecule has 4 rings (SSSR count). The quantitative estimate of drug-likeness (QED) is 0.812. The first-order valence-electron chi connectivity index (χ1n) is 9.24. The number of sulfone groups is 1. The fraction of sp³-hybridized carbons (Fsp3) is 0.400. The SMILES string of the molecule is CN(C(=O)c1ccc(N2CCCc3ccccc32)cn1)C1CCS(=O)(=O)C1. The minimum Gasteiger partial charge on any atom is -0.340 e. The lowest BCUT2D eigenvalue weighted by Gasteiger charge is -2.31. The van der Waals surface area contributed by atoms with Crippen LogP contribution in [0.1, 0.15) is 28.9 Å². The standard InChI is InChI=1S/C20H23N3O3S/c1-22(17-10-12-27(25,26)14-17)20(24)18-9-8-16(13-21-18)23-11-4-6-15-5-2-3-7-19(15)23/h2-3,5,7-9,13,17H,4,6,10-12,14H2,1H3. The molecule has 7 heteroatoms. The van der Waals surface area contributed by atoms with Gasteiger partial charge in [0.25, 0.3) is 5.91 Å². The monoisotopic (exact) mass is 385 g/mol. The summed E-state index contributed by atoms with van der Waals surface area (Å²) in [7, 11) is -1.37. The Bertz CT molecular complexity index is 957. The summed E-state index contributed by atoms with van der Waals surface area (Å²) in [6, 6.07) is 11.7. The second kappa shape index (κ2) is 6.96. The van der Waals surface area contributed by atoms with Gasteiger partial charge in [-0.1, -0.05) is 18.2 Å². The van der Waals surface area contributed by atoms with Crippen LogP contribution in [0.25, 0.3) is 0 Å². The van der Waals surface area contributed by atoms with Crippen LogP contribution >= 0.6 is 0 Å². The summed E-state index contributed by atoms with van der Waals surface area (Å²) in [6.45, 7) is 0.922. The van der Waals surface area contributed by atoms with Crippen LogP contribution in [0.2, 0.25) is 0 Å². The van der Waals surface area contributed by atoms with E-state index in [9.17, 15) is 13.2 Å². The minimum atomic E-state index is -3.03. The topological polar surface area (TPSA) is 70.6 Å². The van der Waals surface area contributed by atoms with E-state index in [0.717, 1.165) is 25.1 Å². The summed E-state index contributed by atoms with van der Waals surface area (Å²) in [6.07, 6.45) is 4.38. The Labute approximate surface area is 159 Å². The number of rotatable bonds is 3. The molecule has 2 aliphatic heterocycles. The van der Waals surface area contributed by atoms with E-state index in [1.54, 1.807) is 19.3 Å².